The zero-order chi connectivity index (χ0) is 24.5. The fraction of sp³-hybridized carbons (Fsp3) is 0.519. The fourth-order valence-corrected chi connectivity index (χ4v) is 5.47. The summed E-state index contributed by atoms with van der Waals surface area (Å²) in [7, 11) is 0. The topological polar surface area (TPSA) is 79.0 Å². The van der Waals surface area contributed by atoms with E-state index < -0.39 is 12.1 Å². The minimum Gasteiger partial charge on any atom is -0.491 e. The first-order valence-corrected chi connectivity index (χ1v) is 13.2. The van der Waals surface area contributed by atoms with E-state index in [-0.39, 0.29) is 12.5 Å². The van der Waals surface area contributed by atoms with Crippen LogP contribution in [0.25, 0.3) is 0 Å². The van der Waals surface area contributed by atoms with Crippen molar-refractivity contribution in [3.8, 4) is 5.75 Å². The zero-order valence-electron chi connectivity index (χ0n) is 20.7. The molecule has 2 unspecified atom stereocenters. The summed E-state index contributed by atoms with van der Waals surface area (Å²) in [6, 6.07) is 13.7. The van der Waals surface area contributed by atoms with Crippen molar-refractivity contribution < 1.29 is 14.6 Å². The number of primary amides is 1. The smallest absolute Gasteiger partial charge is 0.239 e. The maximum absolute atomic E-state index is 12.4. The largest absolute Gasteiger partial charge is 0.491 e. The maximum atomic E-state index is 12.4. The number of aliphatic hydroxyl groups excluding tert-OH is 1. The summed E-state index contributed by atoms with van der Waals surface area (Å²) >= 11 is 1.86. The average molecular weight is 486 g/mol. The first-order valence-electron chi connectivity index (χ1n) is 12.2. The fourth-order valence-electron chi connectivity index (χ4n) is 4.48. The zero-order valence-corrected chi connectivity index (χ0v) is 21.5. The number of thioether (sulfide) groups is 1. The quantitative estimate of drug-likeness (QED) is 0.352. The number of carbonyl (C=O) groups excluding carboxylic acids is 1. The van der Waals surface area contributed by atoms with Crippen LogP contribution in [0.4, 0.5) is 0 Å². The molecule has 0 spiro atoms. The van der Waals surface area contributed by atoms with Gasteiger partial charge in [-0.05, 0) is 67.0 Å². The lowest BCUT2D eigenvalue weighted by atomic mass is 9.94. The van der Waals surface area contributed by atoms with E-state index in [2.05, 4.69) is 28.9 Å². The minimum atomic E-state index is -0.573. The summed E-state index contributed by atoms with van der Waals surface area (Å²) < 4.78 is 5.81. The third kappa shape index (κ3) is 7.47. The van der Waals surface area contributed by atoms with Crippen LogP contribution >= 0.6 is 11.8 Å². The number of ether oxygens (including phenoxy) is 1. The molecule has 0 aromatic heterocycles. The Balaban J connectivity index is 1.45. The predicted octanol–water partition coefficient (Wildman–Crippen LogP) is 3.78. The number of amides is 1. The Hall–Kier alpha value is -2.06. The van der Waals surface area contributed by atoms with Crippen molar-refractivity contribution in [1.82, 2.24) is 9.80 Å². The van der Waals surface area contributed by atoms with Crippen LogP contribution in [0.2, 0.25) is 0 Å². The lowest BCUT2D eigenvalue weighted by Crippen LogP contribution is -2.52. The van der Waals surface area contributed by atoms with Crippen molar-refractivity contribution in [3.63, 3.8) is 0 Å². The normalized spacial score (nSPS) is 16.8. The summed E-state index contributed by atoms with van der Waals surface area (Å²) in [6.45, 7) is 10.1. The van der Waals surface area contributed by atoms with Crippen LogP contribution in [-0.4, -0.2) is 72.0 Å². The summed E-state index contributed by atoms with van der Waals surface area (Å²) in [4.78, 5) is 18.0. The van der Waals surface area contributed by atoms with Crippen molar-refractivity contribution in [2.45, 2.75) is 50.7 Å². The van der Waals surface area contributed by atoms with Gasteiger partial charge in [0.1, 0.15) is 24.5 Å². The van der Waals surface area contributed by atoms with Gasteiger partial charge in [-0.15, -0.1) is 11.8 Å². The molecular formula is C27H39N3O3S. The van der Waals surface area contributed by atoms with E-state index in [0.717, 1.165) is 54.4 Å². The Morgan fingerprint density at radius 2 is 1.74 bits per heavy atom. The second-order valence-corrected chi connectivity index (χ2v) is 10.3. The lowest BCUT2D eigenvalue weighted by Gasteiger charge is -2.39. The molecule has 1 fully saturated rings. The number of aliphatic hydroxyl groups is 1. The van der Waals surface area contributed by atoms with Gasteiger partial charge in [0.05, 0.1) is 0 Å². The molecule has 2 atom stereocenters. The van der Waals surface area contributed by atoms with Crippen molar-refractivity contribution in [2.75, 3.05) is 45.1 Å². The molecule has 1 saturated heterocycles. The van der Waals surface area contributed by atoms with Gasteiger partial charge in [0.15, 0.2) is 0 Å². The molecular weight excluding hydrogens is 446 g/mol. The molecule has 7 heteroatoms. The van der Waals surface area contributed by atoms with Gasteiger partial charge in [0.2, 0.25) is 5.91 Å². The Kier molecular flexibility index (Phi) is 10.3. The number of nitrogens with two attached hydrogens (primary N) is 1. The number of nitrogens with zero attached hydrogens (tertiary/aromatic N) is 2. The van der Waals surface area contributed by atoms with Crippen LogP contribution < -0.4 is 10.5 Å². The molecule has 3 rings (SSSR count). The number of hydrogen-bond acceptors (Lipinski definition) is 6. The predicted molar refractivity (Wildman–Crippen MR) is 139 cm³/mol. The summed E-state index contributed by atoms with van der Waals surface area (Å²) in [5.74, 6) is 1.60. The molecule has 2 aromatic carbocycles. The minimum absolute atomic E-state index is 0.259. The Morgan fingerprint density at radius 1 is 1.09 bits per heavy atom. The summed E-state index contributed by atoms with van der Waals surface area (Å²) in [6.07, 6.45) is 1.85. The van der Waals surface area contributed by atoms with Crippen molar-refractivity contribution >= 4 is 17.7 Å². The van der Waals surface area contributed by atoms with Gasteiger partial charge >= 0.3 is 0 Å². The van der Waals surface area contributed by atoms with Crippen LogP contribution in [0.1, 0.15) is 42.5 Å². The average Bonchev–Trinajstić information content (AvgIpc) is 2.82. The molecule has 6 nitrogen and oxygen atoms in total. The molecule has 34 heavy (non-hydrogen) atoms. The molecule has 2 aromatic rings. The molecule has 1 aliphatic rings. The molecule has 1 heterocycles. The molecule has 0 aliphatic carbocycles. The van der Waals surface area contributed by atoms with E-state index in [9.17, 15) is 9.90 Å². The number of hydrogen-bond donors (Lipinski definition) is 2. The molecule has 1 amide bonds. The Labute approximate surface area is 208 Å². The third-order valence-electron chi connectivity index (χ3n) is 6.36. The monoisotopic (exact) mass is 485 g/mol. The van der Waals surface area contributed by atoms with Gasteiger partial charge in [0, 0.05) is 37.6 Å². The van der Waals surface area contributed by atoms with E-state index in [0.29, 0.717) is 6.54 Å². The standard InChI is InChI=1S/C27H39N3O3S/c1-4-5-17-34-24-11-9-23(10-12-24)33-19-22(31)18-29-13-15-30(16-14-29)26(27(28)32)25-20(2)7-6-8-21(25)3/h6-12,22,26,31H,4-5,13-19H2,1-3H3,(H2,28,32). The van der Waals surface area contributed by atoms with Gasteiger partial charge in [0.25, 0.3) is 0 Å². The van der Waals surface area contributed by atoms with E-state index in [1.54, 1.807) is 0 Å². The second kappa shape index (κ2) is 13.1. The van der Waals surface area contributed by atoms with Crippen LogP contribution in [0.5, 0.6) is 5.75 Å². The number of β-amino-alcohol motifs (C(OH)–C–C–N with tert-alkyl or cyclic N) is 1. The van der Waals surface area contributed by atoms with Crippen molar-refractivity contribution in [1.29, 1.82) is 0 Å². The van der Waals surface area contributed by atoms with Gasteiger partial charge in [-0.3, -0.25) is 14.6 Å². The molecule has 1 aliphatic heterocycles. The molecule has 0 bridgehead atoms. The Bertz CT molecular complexity index is 894. The first-order chi connectivity index (χ1) is 16.4. The molecule has 186 valence electrons. The van der Waals surface area contributed by atoms with E-state index >= 15 is 0 Å². The van der Waals surface area contributed by atoms with Crippen LogP contribution in [-0.2, 0) is 4.79 Å². The SMILES string of the molecule is CCCCSc1ccc(OCC(O)CN2CCN(C(C(N)=O)c3c(C)cccc3C)CC2)cc1. The molecule has 3 N–H and O–H groups in total. The van der Waals surface area contributed by atoms with Gasteiger partial charge in [-0.1, -0.05) is 31.5 Å². The number of aryl methyl sites for hydroxylation is 2. The number of rotatable bonds is 12. The number of carbonyl (C=O) groups is 1. The summed E-state index contributed by atoms with van der Waals surface area (Å²) in [5, 5.41) is 10.5. The first kappa shape index (κ1) is 26.5. The van der Waals surface area contributed by atoms with E-state index in [1.807, 2.05) is 55.9 Å². The van der Waals surface area contributed by atoms with E-state index in [1.165, 1.54) is 17.7 Å². The molecule has 0 saturated carbocycles. The van der Waals surface area contributed by atoms with Crippen molar-refractivity contribution in [2.24, 2.45) is 5.73 Å². The van der Waals surface area contributed by atoms with Gasteiger partial charge in [-0.2, -0.15) is 0 Å². The van der Waals surface area contributed by atoms with E-state index in [4.69, 9.17) is 10.5 Å². The van der Waals surface area contributed by atoms with Crippen LogP contribution in [0, 0.1) is 13.8 Å². The van der Waals surface area contributed by atoms with Crippen LogP contribution in [0.15, 0.2) is 47.4 Å². The van der Waals surface area contributed by atoms with Crippen LogP contribution in [0.3, 0.4) is 0 Å². The highest BCUT2D eigenvalue weighted by Gasteiger charge is 2.31. The van der Waals surface area contributed by atoms with Gasteiger partial charge in [-0.25, -0.2) is 0 Å². The highest BCUT2D eigenvalue weighted by molar-refractivity contribution is 7.99. The van der Waals surface area contributed by atoms with Crippen molar-refractivity contribution in [3.05, 3.63) is 59.2 Å². The molecule has 0 radical (unpaired) electrons. The van der Waals surface area contributed by atoms with Gasteiger partial charge < -0.3 is 15.6 Å². The number of benzene rings is 2. The number of piperazine rings is 1. The summed E-state index contributed by atoms with van der Waals surface area (Å²) in [5.41, 5.74) is 9.03. The third-order valence-corrected chi connectivity index (χ3v) is 7.46. The lowest BCUT2D eigenvalue weighted by molar-refractivity contribution is -0.124. The highest BCUT2D eigenvalue weighted by Crippen LogP contribution is 2.28. The maximum Gasteiger partial charge on any atom is 0.239 e. The second-order valence-electron chi connectivity index (χ2n) is 9.09. The Morgan fingerprint density at radius 3 is 2.32 bits per heavy atom. The highest BCUT2D eigenvalue weighted by atomic mass is 32.2. The number of unbranched alkanes of at least 4 members (excludes halogenated alkanes) is 1.